The number of rotatable bonds is 3. The lowest BCUT2D eigenvalue weighted by Crippen LogP contribution is -2.09. The molecule has 0 spiro atoms. The smallest absolute Gasteiger partial charge is 0.139 e. The zero-order valence-corrected chi connectivity index (χ0v) is 11.2. The number of nitrogens with two attached hydrogens (primary N) is 1. The Bertz CT molecular complexity index is 541. The highest BCUT2D eigenvalue weighted by atomic mass is 16.5. The molecule has 2 rings (SSSR count). The van der Waals surface area contributed by atoms with Crippen molar-refractivity contribution in [2.75, 3.05) is 11.1 Å². The van der Waals surface area contributed by atoms with Crippen molar-refractivity contribution in [3.05, 3.63) is 40.8 Å². The summed E-state index contributed by atoms with van der Waals surface area (Å²) in [6.07, 6.45) is 0. The van der Waals surface area contributed by atoms with Crippen LogP contribution in [0.25, 0.3) is 0 Å². The van der Waals surface area contributed by atoms with Gasteiger partial charge in [0.15, 0.2) is 0 Å². The fourth-order valence-corrected chi connectivity index (χ4v) is 2.21. The largest absolute Gasteiger partial charge is 0.399 e. The van der Waals surface area contributed by atoms with E-state index in [9.17, 15) is 0 Å². The van der Waals surface area contributed by atoms with Crippen LogP contribution in [-0.2, 0) is 0 Å². The summed E-state index contributed by atoms with van der Waals surface area (Å²) in [4.78, 5) is 0. The van der Waals surface area contributed by atoms with E-state index in [-0.39, 0.29) is 6.04 Å². The SMILES string of the molecule is Cc1ccc(N)cc1NC(C)c1c(C)noc1C. The minimum absolute atomic E-state index is 0.136. The quantitative estimate of drug-likeness (QED) is 0.814. The number of aryl methyl sites for hydroxylation is 3. The molecule has 0 radical (unpaired) electrons. The molecule has 0 amide bonds. The molecule has 0 aliphatic rings. The van der Waals surface area contributed by atoms with Gasteiger partial charge < -0.3 is 15.6 Å². The standard InChI is InChI=1S/C14H19N3O/c1-8-5-6-12(15)7-13(8)16-9(2)14-10(3)17-18-11(14)4/h5-7,9,16H,15H2,1-4H3. The second kappa shape index (κ2) is 4.72. The average Bonchev–Trinajstić information content (AvgIpc) is 2.63. The molecule has 3 N–H and O–H groups in total. The number of hydrogen-bond acceptors (Lipinski definition) is 4. The van der Waals surface area contributed by atoms with E-state index in [2.05, 4.69) is 24.3 Å². The molecule has 4 nitrogen and oxygen atoms in total. The summed E-state index contributed by atoms with van der Waals surface area (Å²) in [6, 6.07) is 6.00. The summed E-state index contributed by atoms with van der Waals surface area (Å²) in [7, 11) is 0. The lowest BCUT2D eigenvalue weighted by Gasteiger charge is -2.17. The molecule has 2 aromatic rings. The summed E-state index contributed by atoms with van der Waals surface area (Å²) >= 11 is 0. The third-order valence-corrected chi connectivity index (χ3v) is 3.16. The molecule has 0 bridgehead atoms. The first-order valence-electron chi connectivity index (χ1n) is 6.04. The van der Waals surface area contributed by atoms with Crippen molar-refractivity contribution in [3.63, 3.8) is 0 Å². The Kier molecular flexibility index (Phi) is 3.28. The highest BCUT2D eigenvalue weighted by Gasteiger charge is 2.16. The fourth-order valence-electron chi connectivity index (χ4n) is 2.21. The zero-order valence-electron chi connectivity index (χ0n) is 11.2. The van der Waals surface area contributed by atoms with Crippen molar-refractivity contribution in [1.29, 1.82) is 0 Å². The number of benzene rings is 1. The molecule has 0 fully saturated rings. The molecular formula is C14H19N3O. The molecular weight excluding hydrogens is 226 g/mol. The maximum absolute atomic E-state index is 5.81. The van der Waals surface area contributed by atoms with Gasteiger partial charge in [-0.1, -0.05) is 11.2 Å². The topological polar surface area (TPSA) is 64.1 Å². The summed E-state index contributed by atoms with van der Waals surface area (Å²) in [5, 5.41) is 7.43. The Hall–Kier alpha value is -1.97. The van der Waals surface area contributed by atoms with E-state index < -0.39 is 0 Å². The van der Waals surface area contributed by atoms with Crippen LogP contribution < -0.4 is 11.1 Å². The normalized spacial score (nSPS) is 12.4. The molecule has 1 atom stereocenters. The number of nitrogens with one attached hydrogen (secondary N) is 1. The lowest BCUT2D eigenvalue weighted by atomic mass is 10.1. The zero-order chi connectivity index (χ0) is 13.3. The minimum atomic E-state index is 0.136. The molecule has 0 aliphatic carbocycles. The van der Waals surface area contributed by atoms with Crippen LogP contribution >= 0.6 is 0 Å². The van der Waals surface area contributed by atoms with Gasteiger partial charge in [-0.15, -0.1) is 0 Å². The van der Waals surface area contributed by atoms with Gasteiger partial charge >= 0.3 is 0 Å². The van der Waals surface area contributed by atoms with Gasteiger partial charge in [-0.05, 0) is 45.4 Å². The number of anilines is 2. The van der Waals surface area contributed by atoms with E-state index in [1.54, 1.807) is 0 Å². The number of nitrogens with zero attached hydrogens (tertiary/aromatic N) is 1. The first-order valence-corrected chi connectivity index (χ1v) is 6.04. The van der Waals surface area contributed by atoms with Gasteiger partial charge in [0.1, 0.15) is 5.76 Å². The molecule has 1 unspecified atom stereocenters. The number of hydrogen-bond donors (Lipinski definition) is 2. The average molecular weight is 245 g/mol. The van der Waals surface area contributed by atoms with Gasteiger partial charge in [0.25, 0.3) is 0 Å². The van der Waals surface area contributed by atoms with E-state index in [0.717, 1.165) is 28.4 Å². The molecule has 96 valence electrons. The Labute approximate surface area is 107 Å². The highest BCUT2D eigenvalue weighted by Crippen LogP contribution is 2.27. The van der Waals surface area contributed by atoms with E-state index in [1.807, 2.05) is 32.0 Å². The lowest BCUT2D eigenvalue weighted by molar-refractivity contribution is 0.392. The summed E-state index contributed by atoms with van der Waals surface area (Å²) in [5.41, 5.74) is 10.8. The van der Waals surface area contributed by atoms with Gasteiger partial charge in [0, 0.05) is 16.9 Å². The van der Waals surface area contributed by atoms with Crippen molar-refractivity contribution < 1.29 is 4.52 Å². The molecule has 0 saturated carbocycles. The van der Waals surface area contributed by atoms with E-state index in [4.69, 9.17) is 10.3 Å². The molecule has 1 aromatic heterocycles. The Morgan fingerprint density at radius 3 is 2.61 bits per heavy atom. The van der Waals surface area contributed by atoms with E-state index in [1.165, 1.54) is 5.56 Å². The molecule has 0 aliphatic heterocycles. The van der Waals surface area contributed by atoms with Gasteiger partial charge in [0.05, 0.1) is 11.7 Å². The fraction of sp³-hybridized carbons (Fsp3) is 0.357. The van der Waals surface area contributed by atoms with Crippen molar-refractivity contribution in [2.45, 2.75) is 33.7 Å². The highest BCUT2D eigenvalue weighted by molar-refractivity contribution is 5.60. The van der Waals surface area contributed by atoms with Crippen LogP contribution in [0.3, 0.4) is 0 Å². The van der Waals surface area contributed by atoms with Crippen molar-refractivity contribution in [3.8, 4) is 0 Å². The van der Waals surface area contributed by atoms with Crippen LogP contribution in [0, 0.1) is 20.8 Å². The molecule has 18 heavy (non-hydrogen) atoms. The second-order valence-corrected chi connectivity index (χ2v) is 4.68. The summed E-state index contributed by atoms with van der Waals surface area (Å²) in [5.74, 6) is 0.856. The maximum Gasteiger partial charge on any atom is 0.139 e. The van der Waals surface area contributed by atoms with Crippen LogP contribution in [0.15, 0.2) is 22.7 Å². The first kappa shape index (κ1) is 12.5. The van der Waals surface area contributed by atoms with Crippen molar-refractivity contribution in [1.82, 2.24) is 5.16 Å². The van der Waals surface area contributed by atoms with Crippen LogP contribution in [0.1, 0.15) is 35.5 Å². The Morgan fingerprint density at radius 2 is 2.00 bits per heavy atom. The number of aromatic nitrogens is 1. The second-order valence-electron chi connectivity index (χ2n) is 4.68. The minimum Gasteiger partial charge on any atom is -0.399 e. The maximum atomic E-state index is 5.81. The van der Waals surface area contributed by atoms with E-state index in [0.29, 0.717) is 0 Å². The third kappa shape index (κ3) is 2.32. The Morgan fingerprint density at radius 1 is 1.28 bits per heavy atom. The molecule has 0 saturated heterocycles. The van der Waals surface area contributed by atoms with Crippen LogP contribution in [0.4, 0.5) is 11.4 Å². The van der Waals surface area contributed by atoms with Gasteiger partial charge in [-0.25, -0.2) is 0 Å². The van der Waals surface area contributed by atoms with Gasteiger partial charge in [-0.3, -0.25) is 0 Å². The van der Waals surface area contributed by atoms with Gasteiger partial charge in [-0.2, -0.15) is 0 Å². The van der Waals surface area contributed by atoms with Crippen LogP contribution in [0.2, 0.25) is 0 Å². The monoisotopic (exact) mass is 245 g/mol. The third-order valence-electron chi connectivity index (χ3n) is 3.16. The van der Waals surface area contributed by atoms with Crippen molar-refractivity contribution in [2.24, 2.45) is 0 Å². The predicted octanol–water partition coefficient (Wildman–Crippen LogP) is 3.36. The van der Waals surface area contributed by atoms with Gasteiger partial charge in [0.2, 0.25) is 0 Å². The first-order chi connectivity index (χ1) is 8.49. The Balaban J connectivity index is 2.26. The molecule has 1 heterocycles. The summed E-state index contributed by atoms with van der Waals surface area (Å²) in [6.45, 7) is 8.03. The van der Waals surface area contributed by atoms with Crippen LogP contribution in [0.5, 0.6) is 0 Å². The van der Waals surface area contributed by atoms with Crippen molar-refractivity contribution >= 4 is 11.4 Å². The molecule has 1 aromatic carbocycles. The van der Waals surface area contributed by atoms with E-state index >= 15 is 0 Å². The van der Waals surface area contributed by atoms with Crippen LogP contribution in [-0.4, -0.2) is 5.16 Å². The predicted molar refractivity (Wildman–Crippen MR) is 73.6 cm³/mol. The summed E-state index contributed by atoms with van der Waals surface area (Å²) < 4.78 is 5.19. The number of nitrogen functional groups attached to an aromatic ring is 1. The molecule has 4 heteroatoms.